The summed E-state index contributed by atoms with van der Waals surface area (Å²) in [6.07, 6.45) is 5.70. The highest BCUT2D eigenvalue weighted by molar-refractivity contribution is 5.96. The first kappa shape index (κ1) is 22.3. The van der Waals surface area contributed by atoms with Gasteiger partial charge in [0.05, 0.1) is 5.69 Å². The Morgan fingerprint density at radius 2 is 1.82 bits per heavy atom. The largest absolute Gasteiger partial charge is 0.455 e. The molecule has 1 amide bonds. The van der Waals surface area contributed by atoms with Crippen molar-refractivity contribution in [3.8, 4) is 11.5 Å². The number of anilines is 2. The van der Waals surface area contributed by atoms with Gasteiger partial charge in [0, 0.05) is 54.5 Å². The van der Waals surface area contributed by atoms with Crippen molar-refractivity contribution in [3.05, 3.63) is 71.7 Å². The average Bonchev–Trinajstić information content (AvgIpc) is 3.67. The molecular weight excluding hydrogens is 428 g/mol. The van der Waals surface area contributed by atoms with Crippen LogP contribution in [-0.2, 0) is 4.74 Å². The van der Waals surface area contributed by atoms with Crippen molar-refractivity contribution in [1.82, 2.24) is 14.9 Å². The predicted octanol–water partition coefficient (Wildman–Crippen LogP) is 5.41. The molecule has 2 fully saturated rings. The highest BCUT2D eigenvalue weighted by Crippen LogP contribution is 2.33. The predicted molar refractivity (Wildman–Crippen MR) is 131 cm³/mol. The molecule has 3 heterocycles. The van der Waals surface area contributed by atoms with E-state index in [-0.39, 0.29) is 11.9 Å². The first-order chi connectivity index (χ1) is 16.6. The number of nitrogens with one attached hydrogen (secondary N) is 1. The van der Waals surface area contributed by atoms with E-state index in [1.807, 2.05) is 62.4 Å². The number of ether oxygens (including phenoxy) is 2. The van der Waals surface area contributed by atoms with E-state index in [1.54, 1.807) is 6.20 Å². The monoisotopic (exact) mass is 458 g/mol. The normalized spacial score (nSPS) is 16.2. The topological polar surface area (TPSA) is 76.6 Å². The number of pyridine rings is 2. The zero-order chi connectivity index (χ0) is 23.5. The van der Waals surface area contributed by atoms with Gasteiger partial charge in [0.15, 0.2) is 0 Å². The van der Waals surface area contributed by atoms with Crippen molar-refractivity contribution < 1.29 is 14.3 Å². The van der Waals surface area contributed by atoms with Crippen molar-refractivity contribution in [1.29, 1.82) is 0 Å². The van der Waals surface area contributed by atoms with Crippen LogP contribution in [0.1, 0.15) is 47.4 Å². The number of nitrogens with zero attached hydrogens (tertiary/aromatic N) is 3. The summed E-state index contributed by atoms with van der Waals surface area (Å²) in [5.74, 6) is 2.12. The average molecular weight is 459 g/mol. The van der Waals surface area contributed by atoms with Gasteiger partial charge < -0.3 is 19.7 Å². The molecule has 176 valence electrons. The van der Waals surface area contributed by atoms with E-state index in [4.69, 9.17) is 9.47 Å². The molecule has 3 aromatic rings. The van der Waals surface area contributed by atoms with E-state index in [2.05, 4.69) is 20.2 Å². The lowest BCUT2D eigenvalue weighted by Gasteiger charge is -2.34. The summed E-state index contributed by atoms with van der Waals surface area (Å²) in [5, 5.41) is 3.31. The molecule has 0 spiro atoms. The molecule has 1 N–H and O–H groups in total. The smallest absolute Gasteiger partial charge is 0.254 e. The second kappa shape index (κ2) is 9.81. The molecule has 1 saturated heterocycles. The molecule has 7 heteroatoms. The number of hydrogen-bond acceptors (Lipinski definition) is 6. The van der Waals surface area contributed by atoms with Crippen LogP contribution in [0.15, 0.2) is 54.7 Å². The van der Waals surface area contributed by atoms with Crippen LogP contribution < -0.4 is 10.1 Å². The number of aryl methyl sites for hydroxylation is 2. The molecule has 0 bridgehead atoms. The van der Waals surface area contributed by atoms with Gasteiger partial charge in [-0.1, -0.05) is 6.07 Å². The Labute approximate surface area is 200 Å². The van der Waals surface area contributed by atoms with E-state index in [1.165, 1.54) is 0 Å². The van der Waals surface area contributed by atoms with Crippen molar-refractivity contribution in [2.24, 2.45) is 0 Å². The van der Waals surface area contributed by atoms with Crippen molar-refractivity contribution in [2.45, 2.75) is 51.6 Å². The maximum atomic E-state index is 13.5. The Balaban J connectivity index is 1.31. The van der Waals surface area contributed by atoms with Crippen LogP contribution in [-0.4, -0.2) is 46.1 Å². The highest BCUT2D eigenvalue weighted by Gasteiger charge is 2.38. The van der Waals surface area contributed by atoms with Crippen LogP contribution in [0.4, 0.5) is 11.5 Å². The van der Waals surface area contributed by atoms with Gasteiger partial charge in [-0.25, -0.2) is 4.98 Å². The third-order valence-corrected chi connectivity index (χ3v) is 6.28. The number of benzene rings is 1. The van der Waals surface area contributed by atoms with E-state index in [9.17, 15) is 4.79 Å². The Hall–Kier alpha value is -3.45. The first-order valence-corrected chi connectivity index (χ1v) is 11.9. The SMILES string of the molecule is Cc1ccc(Oc2ccnc(Nc3cccc(C(=O)N(C4CCOCC4)C4CC4)c3)c2)c(C)n1. The standard InChI is InChI=1S/C27H30N4O3/c1-18-6-9-25(19(2)29-18)34-24-10-13-28-26(17-24)30-21-5-3-4-20(16-21)27(32)31(22-7-8-22)23-11-14-33-15-12-23/h3-6,9-10,13,16-17,22-23H,7-8,11-12,14-15H2,1-2H3,(H,28,30). The number of hydrogen-bond donors (Lipinski definition) is 1. The van der Waals surface area contributed by atoms with E-state index < -0.39 is 0 Å². The number of rotatable bonds is 7. The maximum Gasteiger partial charge on any atom is 0.254 e. The van der Waals surface area contributed by atoms with E-state index >= 15 is 0 Å². The van der Waals surface area contributed by atoms with Gasteiger partial charge in [0.1, 0.15) is 17.3 Å². The molecule has 0 atom stereocenters. The molecule has 7 nitrogen and oxygen atoms in total. The molecule has 1 saturated carbocycles. The van der Waals surface area contributed by atoms with Crippen LogP contribution in [0.2, 0.25) is 0 Å². The van der Waals surface area contributed by atoms with E-state index in [0.717, 1.165) is 56.0 Å². The number of amides is 1. The van der Waals surface area contributed by atoms with E-state index in [0.29, 0.717) is 28.9 Å². The molecule has 0 unspecified atom stereocenters. The quantitative estimate of drug-likeness (QED) is 0.510. The maximum absolute atomic E-state index is 13.5. The molecule has 0 radical (unpaired) electrons. The van der Waals surface area contributed by atoms with Crippen molar-refractivity contribution in [3.63, 3.8) is 0 Å². The van der Waals surface area contributed by atoms with Gasteiger partial charge in [-0.15, -0.1) is 0 Å². The number of aromatic nitrogens is 2. The van der Waals surface area contributed by atoms with Crippen LogP contribution in [0.3, 0.4) is 0 Å². The first-order valence-electron chi connectivity index (χ1n) is 11.9. The highest BCUT2D eigenvalue weighted by atomic mass is 16.5. The molecule has 1 aliphatic carbocycles. The summed E-state index contributed by atoms with van der Waals surface area (Å²) in [6.45, 7) is 5.34. The third kappa shape index (κ3) is 5.20. The fraction of sp³-hybridized carbons (Fsp3) is 0.370. The number of carbonyl (C=O) groups is 1. The minimum Gasteiger partial charge on any atom is -0.455 e. The van der Waals surface area contributed by atoms with Crippen molar-refractivity contribution >= 4 is 17.4 Å². The summed E-state index contributed by atoms with van der Waals surface area (Å²) in [5.41, 5.74) is 3.29. The lowest BCUT2D eigenvalue weighted by molar-refractivity contribution is 0.0267. The summed E-state index contributed by atoms with van der Waals surface area (Å²) in [4.78, 5) is 24.4. The van der Waals surface area contributed by atoms with Gasteiger partial charge in [-0.05, 0) is 75.9 Å². The zero-order valence-corrected chi connectivity index (χ0v) is 19.7. The van der Waals surface area contributed by atoms with Crippen LogP contribution in [0.25, 0.3) is 0 Å². The summed E-state index contributed by atoms with van der Waals surface area (Å²) < 4.78 is 11.5. The van der Waals surface area contributed by atoms with Crippen LogP contribution in [0.5, 0.6) is 11.5 Å². The van der Waals surface area contributed by atoms with Gasteiger partial charge >= 0.3 is 0 Å². The molecule has 5 rings (SSSR count). The van der Waals surface area contributed by atoms with Gasteiger partial charge in [0.2, 0.25) is 0 Å². The molecular formula is C27H30N4O3. The summed E-state index contributed by atoms with van der Waals surface area (Å²) in [6, 6.07) is 15.8. The lowest BCUT2D eigenvalue weighted by atomic mass is 10.0. The molecule has 34 heavy (non-hydrogen) atoms. The minimum atomic E-state index is 0.102. The van der Waals surface area contributed by atoms with Crippen LogP contribution in [0, 0.1) is 13.8 Å². The number of carbonyl (C=O) groups excluding carboxylic acids is 1. The van der Waals surface area contributed by atoms with Gasteiger partial charge in [-0.2, -0.15) is 0 Å². The van der Waals surface area contributed by atoms with Crippen molar-refractivity contribution in [2.75, 3.05) is 18.5 Å². The second-order valence-electron chi connectivity index (χ2n) is 9.01. The zero-order valence-electron chi connectivity index (χ0n) is 19.7. The van der Waals surface area contributed by atoms with Crippen LogP contribution >= 0.6 is 0 Å². The molecule has 2 aliphatic rings. The molecule has 1 aromatic carbocycles. The summed E-state index contributed by atoms with van der Waals surface area (Å²) >= 11 is 0. The Bertz CT molecular complexity index is 1170. The Kier molecular flexibility index (Phi) is 6.45. The van der Waals surface area contributed by atoms with Gasteiger partial charge in [-0.3, -0.25) is 9.78 Å². The van der Waals surface area contributed by atoms with Gasteiger partial charge in [0.25, 0.3) is 5.91 Å². The second-order valence-corrected chi connectivity index (χ2v) is 9.01. The Morgan fingerprint density at radius 3 is 2.59 bits per heavy atom. The fourth-order valence-corrected chi connectivity index (χ4v) is 4.42. The third-order valence-electron chi connectivity index (χ3n) is 6.28. The minimum absolute atomic E-state index is 0.102. The Morgan fingerprint density at radius 1 is 1.03 bits per heavy atom. The molecule has 2 aromatic heterocycles. The molecule has 1 aliphatic heterocycles. The lowest BCUT2D eigenvalue weighted by Crippen LogP contribution is -2.44. The summed E-state index contributed by atoms with van der Waals surface area (Å²) in [7, 11) is 0. The fourth-order valence-electron chi connectivity index (χ4n) is 4.42.